The molecule has 20 heavy (non-hydrogen) atoms. The highest BCUT2D eigenvalue weighted by Crippen LogP contribution is 2.30. The summed E-state index contributed by atoms with van der Waals surface area (Å²) >= 11 is 0. The third-order valence-electron chi connectivity index (χ3n) is 4.55. The standard InChI is InChI=1S/C16H33N3O/c1-15(2,3)17-12-16(6-11-20-14-16)13-19-8-5-7-18(4)9-10-19/h17H,5-14H2,1-4H3. The Morgan fingerprint density at radius 1 is 1.15 bits per heavy atom. The first-order chi connectivity index (χ1) is 9.39. The summed E-state index contributed by atoms with van der Waals surface area (Å²) in [5.74, 6) is 0. The first-order valence-electron chi connectivity index (χ1n) is 8.12. The van der Waals surface area contributed by atoms with Crippen LogP contribution in [-0.2, 0) is 4.74 Å². The summed E-state index contributed by atoms with van der Waals surface area (Å²) in [5, 5.41) is 3.70. The van der Waals surface area contributed by atoms with Crippen LogP contribution >= 0.6 is 0 Å². The van der Waals surface area contributed by atoms with Crippen LogP contribution in [0.4, 0.5) is 0 Å². The molecule has 2 aliphatic heterocycles. The van der Waals surface area contributed by atoms with Gasteiger partial charge in [0.1, 0.15) is 0 Å². The van der Waals surface area contributed by atoms with Crippen molar-refractivity contribution in [1.82, 2.24) is 15.1 Å². The summed E-state index contributed by atoms with van der Waals surface area (Å²) in [7, 11) is 2.24. The number of nitrogens with one attached hydrogen (secondary N) is 1. The maximum Gasteiger partial charge on any atom is 0.0547 e. The Morgan fingerprint density at radius 2 is 1.95 bits per heavy atom. The molecule has 4 nitrogen and oxygen atoms in total. The molecule has 2 aliphatic rings. The quantitative estimate of drug-likeness (QED) is 0.844. The molecule has 0 spiro atoms. The molecule has 0 amide bonds. The summed E-state index contributed by atoms with van der Waals surface area (Å²) in [6, 6.07) is 0. The molecular weight excluding hydrogens is 250 g/mol. The predicted molar refractivity (Wildman–Crippen MR) is 84.2 cm³/mol. The first kappa shape index (κ1) is 16.2. The molecule has 0 aromatic heterocycles. The number of hydrogen-bond acceptors (Lipinski definition) is 4. The monoisotopic (exact) mass is 283 g/mol. The number of rotatable bonds is 4. The molecular formula is C16H33N3O. The van der Waals surface area contributed by atoms with Gasteiger partial charge in [-0.15, -0.1) is 0 Å². The SMILES string of the molecule is CN1CCCN(CC2(CNC(C)(C)C)CCOC2)CC1. The topological polar surface area (TPSA) is 27.7 Å². The molecule has 2 fully saturated rings. The molecule has 4 heteroatoms. The van der Waals surface area contributed by atoms with E-state index in [2.05, 4.69) is 42.9 Å². The number of likely N-dealkylation sites (N-methyl/N-ethyl adjacent to an activating group) is 1. The minimum Gasteiger partial charge on any atom is -0.381 e. The van der Waals surface area contributed by atoms with Gasteiger partial charge in [-0.25, -0.2) is 0 Å². The van der Waals surface area contributed by atoms with Crippen LogP contribution in [0.5, 0.6) is 0 Å². The maximum atomic E-state index is 5.74. The van der Waals surface area contributed by atoms with Gasteiger partial charge in [-0.1, -0.05) is 0 Å². The lowest BCUT2D eigenvalue weighted by molar-refractivity contribution is 0.104. The second kappa shape index (κ2) is 6.73. The number of ether oxygens (including phenoxy) is 1. The zero-order valence-electron chi connectivity index (χ0n) is 13.9. The van der Waals surface area contributed by atoms with Gasteiger partial charge in [-0.3, -0.25) is 0 Å². The second-order valence-corrected chi connectivity index (χ2v) is 7.84. The molecule has 0 aromatic carbocycles. The number of hydrogen-bond donors (Lipinski definition) is 1. The van der Waals surface area contributed by atoms with Gasteiger partial charge in [0.15, 0.2) is 0 Å². The molecule has 0 radical (unpaired) electrons. The summed E-state index contributed by atoms with van der Waals surface area (Å²) in [4.78, 5) is 5.10. The molecule has 0 aliphatic carbocycles. The Morgan fingerprint density at radius 3 is 2.60 bits per heavy atom. The molecule has 1 atom stereocenters. The molecule has 2 heterocycles. The maximum absolute atomic E-state index is 5.74. The van der Waals surface area contributed by atoms with E-state index in [9.17, 15) is 0 Å². The Kier molecular flexibility index (Phi) is 5.46. The van der Waals surface area contributed by atoms with Gasteiger partial charge in [0.25, 0.3) is 0 Å². The lowest BCUT2D eigenvalue weighted by atomic mass is 9.85. The normalized spacial score (nSPS) is 30.6. The Labute approximate surface area is 124 Å². The fourth-order valence-corrected chi connectivity index (χ4v) is 3.15. The fraction of sp³-hybridized carbons (Fsp3) is 1.00. The van der Waals surface area contributed by atoms with Gasteiger partial charge in [0.2, 0.25) is 0 Å². The van der Waals surface area contributed by atoms with Gasteiger partial charge in [-0.2, -0.15) is 0 Å². The summed E-state index contributed by atoms with van der Waals surface area (Å²) in [6.45, 7) is 15.7. The smallest absolute Gasteiger partial charge is 0.0547 e. The van der Waals surface area contributed by atoms with Crippen LogP contribution in [-0.4, -0.2) is 74.9 Å². The number of nitrogens with zero attached hydrogens (tertiary/aromatic N) is 2. The van der Waals surface area contributed by atoms with Crippen molar-refractivity contribution in [2.24, 2.45) is 5.41 Å². The van der Waals surface area contributed by atoms with Crippen molar-refractivity contribution in [1.29, 1.82) is 0 Å². The third kappa shape index (κ3) is 4.99. The van der Waals surface area contributed by atoms with Crippen LogP contribution in [0.25, 0.3) is 0 Å². The summed E-state index contributed by atoms with van der Waals surface area (Å²) < 4.78 is 5.74. The fourth-order valence-electron chi connectivity index (χ4n) is 3.15. The molecule has 0 saturated carbocycles. The average Bonchev–Trinajstić information content (AvgIpc) is 2.72. The minimum atomic E-state index is 0.189. The molecule has 0 aromatic rings. The summed E-state index contributed by atoms with van der Waals surface area (Å²) in [5.41, 5.74) is 0.505. The van der Waals surface area contributed by atoms with Crippen molar-refractivity contribution in [3.63, 3.8) is 0 Å². The molecule has 0 bridgehead atoms. The zero-order valence-corrected chi connectivity index (χ0v) is 13.9. The van der Waals surface area contributed by atoms with Crippen molar-refractivity contribution < 1.29 is 4.74 Å². The van der Waals surface area contributed by atoms with Gasteiger partial charge in [0, 0.05) is 43.7 Å². The molecule has 2 rings (SSSR count). The highest BCUT2D eigenvalue weighted by Gasteiger charge is 2.37. The van der Waals surface area contributed by atoms with E-state index in [0.717, 1.165) is 19.8 Å². The highest BCUT2D eigenvalue weighted by molar-refractivity contribution is 4.91. The lowest BCUT2D eigenvalue weighted by Gasteiger charge is -2.36. The van der Waals surface area contributed by atoms with E-state index in [1.165, 1.54) is 45.6 Å². The van der Waals surface area contributed by atoms with Crippen LogP contribution in [0, 0.1) is 5.41 Å². The van der Waals surface area contributed by atoms with Gasteiger partial charge in [0.05, 0.1) is 6.61 Å². The van der Waals surface area contributed by atoms with Crippen molar-refractivity contribution in [3.8, 4) is 0 Å². The van der Waals surface area contributed by atoms with Crippen LogP contribution in [0.3, 0.4) is 0 Å². The van der Waals surface area contributed by atoms with E-state index in [0.29, 0.717) is 5.41 Å². The molecule has 1 unspecified atom stereocenters. The predicted octanol–water partition coefficient (Wildman–Crippen LogP) is 1.42. The minimum absolute atomic E-state index is 0.189. The van der Waals surface area contributed by atoms with Crippen molar-refractivity contribution in [3.05, 3.63) is 0 Å². The zero-order chi connectivity index (χ0) is 14.6. The van der Waals surface area contributed by atoms with Crippen LogP contribution in [0.2, 0.25) is 0 Å². The van der Waals surface area contributed by atoms with Crippen molar-refractivity contribution >= 4 is 0 Å². The van der Waals surface area contributed by atoms with Crippen LogP contribution in [0.15, 0.2) is 0 Å². The van der Waals surface area contributed by atoms with Gasteiger partial charge < -0.3 is 19.9 Å². The third-order valence-corrected chi connectivity index (χ3v) is 4.55. The molecule has 118 valence electrons. The molecule has 1 N–H and O–H groups in total. The second-order valence-electron chi connectivity index (χ2n) is 7.84. The van der Waals surface area contributed by atoms with Crippen molar-refractivity contribution in [2.45, 2.75) is 39.2 Å². The van der Waals surface area contributed by atoms with E-state index >= 15 is 0 Å². The Bertz CT molecular complexity index is 295. The van der Waals surface area contributed by atoms with E-state index in [4.69, 9.17) is 4.74 Å². The van der Waals surface area contributed by atoms with E-state index < -0.39 is 0 Å². The first-order valence-corrected chi connectivity index (χ1v) is 8.12. The lowest BCUT2D eigenvalue weighted by Crippen LogP contribution is -2.49. The van der Waals surface area contributed by atoms with Gasteiger partial charge >= 0.3 is 0 Å². The largest absolute Gasteiger partial charge is 0.381 e. The Hall–Kier alpha value is -0.160. The summed E-state index contributed by atoms with van der Waals surface area (Å²) in [6.07, 6.45) is 2.49. The average molecular weight is 283 g/mol. The van der Waals surface area contributed by atoms with E-state index in [1.807, 2.05) is 0 Å². The van der Waals surface area contributed by atoms with Crippen LogP contribution in [0.1, 0.15) is 33.6 Å². The van der Waals surface area contributed by atoms with Crippen LogP contribution < -0.4 is 5.32 Å². The van der Waals surface area contributed by atoms with Crippen molar-refractivity contribution in [2.75, 3.05) is 59.5 Å². The highest BCUT2D eigenvalue weighted by atomic mass is 16.5. The molecule has 2 saturated heterocycles. The van der Waals surface area contributed by atoms with Gasteiger partial charge in [-0.05, 0) is 53.8 Å². The van der Waals surface area contributed by atoms with E-state index in [-0.39, 0.29) is 5.54 Å². The Balaban J connectivity index is 1.91. The van der Waals surface area contributed by atoms with E-state index in [1.54, 1.807) is 0 Å².